The number of alkyl halides is 3. The van der Waals surface area contributed by atoms with Crippen molar-refractivity contribution in [3.05, 3.63) is 28.8 Å². The number of benzene rings is 1. The maximum absolute atomic E-state index is 12.1. The number of nitrogens with one attached hydrogen (secondary N) is 1. The van der Waals surface area contributed by atoms with Gasteiger partial charge in [0.15, 0.2) is 0 Å². The van der Waals surface area contributed by atoms with Crippen LogP contribution >= 0.6 is 11.6 Å². The third-order valence-corrected chi connectivity index (χ3v) is 3.20. The highest BCUT2D eigenvalue weighted by molar-refractivity contribution is 6.32. The average Bonchev–Trinajstić information content (AvgIpc) is 2.73. The van der Waals surface area contributed by atoms with E-state index in [0.717, 1.165) is 31.5 Å². The largest absolute Gasteiger partial charge is 0.573 e. The van der Waals surface area contributed by atoms with Crippen molar-refractivity contribution in [2.24, 2.45) is 5.92 Å². The fraction of sp³-hybridized carbons (Fsp3) is 0.500. The Kier molecular flexibility index (Phi) is 4.02. The normalized spacial score (nSPS) is 20.1. The number of rotatable bonds is 3. The molecule has 1 aromatic rings. The molecule has 1 atom stereocenters. The molecule has 1 heterocycles. The molecule has 1 unspecified atom stereocenters. The Labute approximate surface area is 108 Å². The molecule has 0 bridgehead atoms. The van der Waals surface area contributed by atoms with Crippen molar-refractivity contribution >= 4 is 11.6 Å². The van der Waals surface area contributed by atoms with Crippen LogP contribution in [0.1, 0.15) is 12.0 Å². The third kappa shape index (κ3) is 3.78. The van der Waals surface area contributed by atoms with Crippen LogP contribution in [0.3, 0.4) is 0 Å². The topological polar surface area (TPSA) is 21.3 Å². The Morgan fingerprint density at radius 2 is 2.17 bits per heavy atom. The summed E-state index contributed by atoms with van der Waals surface area (Å²) in [7, 11) is 0. The molecule has 0 saturated carbocycles. The van der Waals surface area contributed by atoms with E-state index in [1.54, 1.807) is 12.1 Å². The zero-order chi connectivity index (χ0) is 13.2. The smallest absolute Gasteiger partial charge is 0.404 e. The monoisotopic (exact) mass is 279 g/mol. The van der Waals surface area contributed by atoms with Crippen molar-refractivity contribution in [3.63, 3.8) is 0 Å². The Balaban J connectivity index is 2.04. The predicted octanol–water partition coefficient (Wildman–Crippen LogP) is 3.39. The van der Waals surface area contributed by atoms with E-state index in [1.807, 2.05) is 0 Å². The summed E-state index contributed by atoms with van der Waals surface area (Å²) in [4.78, 5) is 0. The fourth-order valence-electron chi connectivity index (χ4n) is 2.10. The summed E-state index contributed by atoms with van der Waals surface area (Å²) in [5.74, 6) is 0.174. The Bertz CT molecular complexity index is 416. The van der Waals surface area contributed by atoms with E-state index in [4.69, 9.17) is 11.6 Å². The van der Waals surface area contributed by atoms with Crippen LogP contribution in [0.15, 0.2) is 18.2 Å². The maximum atomic E-state index is 12.1. The van der Waals surface area contributed by atoms with Gasteiger partial charge in [-0.25, -0.2) is 0 Å². The molecule has 1 aromatic carbocycles. The average molecular weight is 280 g/mol. The van der Waals surface area contributed by atoms with E-state index < -0.39 is 6.36 Å². The number of hydrogen-bond donors (Lipinski definition) is 1. The Hall–Kier alpha value is -0.940. The van der Waals surface area contributed by atoms with Gasteiger partial charge in [-0.15, -0.1) is 13.2 Å². The number of ether oxygens (including phenoxy) is 1. The number of halogens is 4. The van der Waals surface area contributed by atoms with Gasteiger partial charge in [0.2, 0.25) is 0 Å². The molecule has 0 aromatic heterocycles. The standard InChI is InChI=1S/C12H13ClF3NO/c13-10-6-8(5-9-3-4-17-7-9)1-2-11(10)18-12(14,15)16/h1-2,6,9,17H,3-5,7H2. The molecule has 2 nitrogen and oxygen atoms in total. The predicted molar refractivity (Wildman–Crippen MR) is 62.8 cm³/mol. The van der Waals surface area contributed by atoms with Gasteiger partial charge in [0.05, 0.1) is 5.02 Å². The van der Waals surface area contributed by atoms with Crippen LogP contribution in [0.4, 0.5) is 13.2 Å². The second-order valence-electron chi connectivity index (χ2n) is 4.38. The minimum absolute atomic E-state index is 0.00391. The van der Waals surface area contributed by atoms with E-state index in [2.05, 4.69) is 10.1 Å². The Morgan fingerprint density at radius 3 is 2.72 bits per heavy atom. The molecule has 1 fully saturated rings. The molecule has 0 amide bonds. The van der Waals surface area contributed by atoms with E-state index in [-0.39, 0.29) is 10.8 Å². The third-order valence-electron chi connectivity index (χ3n) is 2.91. The van der Waals surface area contributed by atoms with Crippen LogP contribution in [0.25, 0.3) is 0 Å². The molecule has 100 valence electrons. The lowest BCUT2D eigenvalue weighted by molar-refractivity contribution is -0.274. The fourth-order valence-corrected chi connectivity index (χ4v) is 2.34. The summed E-state index contributed by atoms with van der Waals surface area (Å²) in [6.07, 6.45) is -2.81. The van der Waals surface area contributed by atoms with Crippen molar-refractivity contribution in [2.45, 2.75) is 19.2 Å². The summed E-state index contributed by atoms with van der Waals surface area (Å²) in [5, 5.41) is 3.24. The van der Waals surface area contributed by atoms with Gasteiger partial charge in [-0.05, 0) is 49.5 Å². The van der Waals surface area contributed by atoms with Crippen LogP contribution in [-0.2, 0) is 6.42 Å². The maximum Gasteiger partial charge on any atom is 0.573 e. The molecule has 1 aliphatic rings. The molecular formula is C12H13ClF3NO. The summed E-state index contributed by atoms with van der Waals surface area (Å²) >= 11 is 5.78. The summed E-state index contributed by atoms with van der Waals surface area (Å²) in [6.45, 7) is 1.94. The molecular weight excluding hydrogens is 267 g/mol. The second-order valence-corrected chi connectivity index (χ2v) is 4.78. The molecule has 0 aliphatic carbocycles. The second kappa shape index (κ2) is 5.36. The van der Waals surface area contributed by atoms with Gasteiger partial charge in [0, 0.05) is 0 Å². The molecule has 2 rings (SSSR count). The van der Waals surface area contributed by atoms with E-state index in [0.29, 0.717) is 5.92 Å². The first-order valence-corrected chi connectivity index (χ1v) is 6.07. The summed E-state index contributed by atoms with van der Waals surface area (Å²) in [5.41, 5.74) is 0.934. The van der Waals surface area contributed by atoms with Crippen LogP contribution < -0.4 is 10.1 Å². The van der Waals surface area contributed by atoms with Crippen LogP contribution in [0, 0.1) is 5.92 Å². The molecule has 1 aliphatic heterocycles. The number of hydrogen-bond acceptors (Lipinski definition) is 2. The Morgan fingerprint density at radius 1 is 1.39 bits per heavy atom. The summed E-state index contributed by atoms with van der Waals surface area (Å²) in [6, 6.07) is 4.44. The van der Waals surface area contributed by atoms with Crippen molar-refractivity contribution in [1.29, 1.82) is 0 Å². The zero-order valence-electron chi connectivity index (χ0n) is 9.56. The van der Waals surface area contributed by atoms with Crippen LogP contribution in [0.5, 0.6) is 5.75 Å². The highest BCUT2D eigenvalue weighted by atomic mass is 35.5. The van der Waals surface area contributed by atoms with Crippen LogP contribution in [-0.4, -0.2) is 19.5 Å². The SMILES string of the molecule is FC(F)(F)Oc1ccc(CC2CCNC2)cc1Cl. The van der Waals surface area contributed by atoms with E-state index in [1.165, 1.54) is 6.07 Å². The lowest BCUT2D eigenvalue weighted by Crippen LogP contribution is -2.17. The highest BCUT2D eigenvalue weighted by Crippen LogP contribution is 2.31. The molecule has 0 spiro atoms. The van der Waals surface area contributed by atoms with E-state index in [9.17, 15) is 13.2 Å². The van der Waals surface area contributed by atoms with Gasteiger partial charge in [0.1, 0.15) is 5.75 Å². The first kappa shape index (κ1) is 13.5. The molecule has 6 heteroatoms. The van der Waals surface area contributed by atoms with Gasteiger partial charge >= 0.3 is 6.36 Å². The minimum Gasteiger partial charge on any atom is -0.404 e. The summed E-state index contributed by atoms with van der Waals surface area (Å²) < 4.78 is 40.0. The molecule has 1 N–H and O–H groups in total. The highest BCUT2D eigenvalue weighted by Gasteiger charge is 2.32. The molecule has 1 saturated heterocycles. The molecule has 18 heavy (non-hydrogen) atoms. The lowest BCUT2D eigenvalue weighted by atomic mass is 9.99. The quantitative estimate of drug-likeness (QED) is 0.916. The first-order chi connectivity index (χ1) is 8.44. The zero-order valence-corrected chi connectivity index (χ0v) is 10.3. The van der Waals surface area contributed by atoms with Gasteiger partial charge in [-0.1, -0.05) is 17.7 Å². The van der Waals surface area contributed by atoms with Crippen molar-refractivity contribution < 1.29 is 17.9 Å². The van der Waals surface area contributed by atoms with E-state index >= 15 is 0 Å². The van der Waals surface area contributed by atoms with Crippen molar-refractivity contribution in [3.8, 4) is 5.75 Å². The lowest BCUT2D eigenvalue weighted by Gasteiger charge is -2.12. The van der Waals surface area contributed by atoms with Gasteiger partial charge in [0.25, 0.3) is 0 Å². The minimum atomic E-state index is -4.71. The van der Waals surface area contributed by atoms with Crippen molar-refractivity contribution in [2.75, 3.05) is 13.1 Å². The van der Waals surface area contributed by atoms with Gasteiger partial charge < -0.3 is 10.1 Å². The van der Waals surface area contributed by atoms with Crippen LogP contribution in [0.2, 0.25) is 5.02 Å². The molecule has 0 radical (unpaired) electrons. The van der Waals surface area contributed by atoms with Gasteiger partial charge in [-0.2, -0.15) is 0 Å². The first-order valence-electron chi connectivity index (χ1n) is 5.69. The van der Waals surface area contributed by atoms with Gasteiger partial charge in [-0.3, -0.25) is 0 Å². The van der Waals surface area contributed by atoms with Crippen molar-refractivity contribution in [1.82, 2.24) is 5.32 Å².